The van der Waals surface area contributed by atoms with Gasteiger partial charge in [-0.15, -0.1) is 0 Å². The first-order chi connectivity index (χ1) is 10.3. The Morgan fingerprint density at radius 2 is 2.27 bits per heavy atom. The van der Waals surface area contributed by atoms with Crippen LogP contribution in [-0.2, 0) is 11.8 Å². The van der Waals surface area contributed by atoms with Crippen LogP contribution in [0.15, 0.2) is 17.5 Å². The summed E-state index contributed by atoms with van der Waals surface area (Å²) in [5.74, 6) is 0.180. The molecule has 2 unspecified atom stereocenters. The lowest BCUT2D eigenvalue weighted by Crippen LogP contribution is -2.35. The second kappa shape index (κ2) is 6.27. The fourth-order valence-corrected chi connectivity index (χ4v) is 2.68. The molecule has 0 N–H and O–H groups in total. The van der Waals surface area contributed by atoms with Crippen molar-refractivity contribution >= 4 is 6.09 Å². The third-order valence-electron chi connectivity index (χ3n) is 3.63. The van der Waals surface area contributed by atoms with Crippen molar-refractivity contribution in [1.82, 2.24) is 14.7 Å². The summed E-state index contributed by atoms with van der Waals surface area (Å²) in [5, 5.41) is 7.86. The van der Waals surface area contributed by atoms with Gasteiger partial charge in [-0.25, -0.2) is 4.79 Å². The van der Waals surface area contributed by atoms with Crippen LogP contribution in [0, 0.1) is 5.92 Å². The quantitative estimate of drug-likeness (QED) is 0.488. The summed E-state index contributed by atoms with van der Waals surface area (Å²) < 4.78 is 7.16. The van der Waals surface area contributed by atoms with E-state index >= 15 is 0 Å². The van der Waals surface area contributed by atoms with Gasteiger partial charge in [-0.3, -0.25) is 4.68 Å². The number of rotatable bonds is 3. The van der Waals surface area contributed by atoms with Gasteiger partial charge in [0.25, 0.3) is 0 Å². The predicted octanol–water partition coefficient (Wildman–Crippen LogP) is 2.68. The van der Waals surface area contributed by atoms with Crippen LogP contribution >= 0.6 is 0 Å². The van der Waals surface area contributed by atoms with E-state index in [-0.39, 0.29) is 17.9 Å². The molecule has 2 rings (SSSR count). The molecule has 2 atom stereocenters. The molecule has 1 fully saturated rings. The van der Waals surface area contributed by atoms with Gasteiger partial charge in [-0.1, -0.05) is 5.11 Å². The standard InChI is InChI=1S/C14H22N6O2/c1-14(2,3)22-13(21)20-8-10(5-16-18-15)12(9-20)11-6-17-19(4)7-11/h6-7,10,12H,5,8-9H2,1-4H3. The lowest BCUT2D eigenvalue weighted by Gasteiger charge is -2.24. The smallest absolute Gasteiger partial charge is 0.410 e. The number of carbonyl (C=O) groups is 1. The van der Waals surface area contributed by atoms with Gasteiger partial charge in [0.2, 0.25) is 0 Å². The summed E-state index contributed by atoms with van der Waals surface area (Å²) in [6.45, 7) is 6.96. The summed E-state index contributed by atoms with van der Waals surface area (Å²) >= 11 is 0. The maximum atomic E-state index is 12.2. The molecule has 0 saturated carbocycles. The van der Waals surface area contributed by atoms with Gasteiger partial charge >= 0.3 is 6.09 Å². The van der Waals surface area contributed by atoms with Crippen molar-refractivity contribution in [3.63, 3.8) is 0 Å². The van der Waals surface area contributed by atoms with Crippen molar-refractivity contribution < 1.29 is 9.53 Å². The Balaban J connectivity index is 2.14. The zero-order valence-electron chi connectivity index (χ0n) is 13.4. The number of ether oxygens (including phenoxy) is 1. The highest BCUT2D eigenvalue weighted by molar-refractivity contribution is 5.68. The van der Waals surface area contributed by atoms with Crippen LogP contribution in [0.3, 0.4) is 0 Å². The molecule has 22 heavy (non-hydrogen) atoms. The maximum absolute atomic E-state index is 12.2. The van der Waals surface area contributed by atoms with Crippen LogP contribution in [0.1, 0.15) is 32.3 Å². The molecule has 1 aliphatic heterocycles. The van der Waals surface area contributed by atoms with Crippen molar-refractivity contribution in [2.45, 2.75) is 32.3 Å². The Bertz CT molecular complexity index is 584. The molecule has 1 aliphatic rings. The van der Waals surface area contributed by atoms with Crippen molar-refractivity contribution in [3.8, 4) is 0 Å². The van der Waals surface area contributed by atoms with E-state index in [1.165, 1.54) is 0 Å². The van der Waals surface area contributed by atoms with Gasteiger partial charge in [0.15, 0.2) is 0 Å². The topological polar surface area (TPSA) is 96.1 Å². The summed E-state index contributed by atoms with van der Waals surface area (Å²) in [6, 6.07) is 0. The largest absolute Gasteiger partial charge is 0.444 e. The first kappa shape index (κ1) is 16.2. The highest BCUT2D eigenvalue weighted by Gasteiger charge is 2.38. The van der Waals surface area contributed by atoms with E-state index in [0.29, 0.717) is 19.6 Å². The van der Waals surface area contributed by atoms with Gasteiger partial charge in [0, 0.05) is 43.7 Å². The molecular formula is C14H22N6O2. The van der Waals surface area contributed by atoms with Gasteiger partial charge in [-0.2, -0.15) is 5.10 Å². The third kappa shape index (κ3) is 3.92. The first-order valence-corrected chi connectivity index (χ1v) is 7.27. The van der Waals surface area contributed by atoms with Crippen LogP contribution in [0.25, 0.3) is 10.4 Å². The molecule has 1 aromatic rings. The maximum Gasteiger partial charge on any atom is 0.410 e. The van der Waals surface area contributed by atoms with E-state index in [0.717, 1.165) is 5.56 Å². The number of carbonyl (C=O) groups excluding carboxylic acids is 1. The predicted molar refractivity (Wildman–Crippen MR) is 81.3 cm³/mol. The van der Waals surface area contributed by atoms with E-state index < -0.39 is 5.60 Å². The Labute approximate surface area is 129 Å². The zero-order chi connectivity index (χ0) is 16.3. The lowest BCUT2D eigenvalue weighted by molar-refractivity contribution is 0.0287. The van der Waals surface area contributed by atoms with Gasteiger partial charge in [0.1, 0.15) is 5.60 Å². The Hall–Kier alpha value is -2.21. The number of hydrogen-bond donors (Lipinski definition) is 0. The van der Waals surface area contributed by atoms with Crippen molar-refractivity contribution in [2.24, 2.45) is 18.1 Å². The minimum atomic E-state index is -0.524. The van der Waals surface area contributed by atoms with E-state index in [9.17, 15) is 4.79 Å². The monoisotopic (exact) mass is 306 g/mol. The van der Waals surface area contributed by atoms with Gasteiger partial charge in [-0.05, 0) is 37.8 Å². The zero-order valence-corrected chi connectivity index (χ0v) is 13.4. The minimum absolute atomic E-state index is 0.0765. The van der Waals surface area contributed by atoms with Crippen molar-refractivity contribution in [3.05, 3.63) is 28.4 Å². The fourth-order valence-electron chi connectivity index (χ4n) is 2.68. The van der Waals surface area contributed by atoms with Crippen LogP contribution in [0.2, 0.25) is 0 Å². The molecule has 120 valence electrons. The lowest BCUT2D eigenvalue weighted by atomic mass is 9.91. The van der Waals surface area contributed by atoms with E-state index in [4.69, 9.17) is 10.3 Å². The SMILES string of the molecule is Cn1cc(C2CN(C(=O)OC(C)(C)C)CC2CN=[N+]=[N-])cn1. The second-order valence-electron chi connectivity index (χ2n) is 6.61. The number of azide groups is 1. The van der Waals surface area contributed by atoms with E-state index in [2.05, 4.69) is 15.1 Å². The van der Waals surface area contributed by atoms with E-state index in [1.807, 2.05) is 34.0 Å². The molecule has 0 bridgehead atoms. The summed E-state index contributed by atoms with van der Waals surface area (Å²) in [4.78, 5) is 16.8. The van der Waals surface area contributed by atoms with Crippen LogP contribution < -0.4 is 0 Å². The molecule has 0 aliphatic carbocycles. The number of likely N-dealkylation sites (tertiary alicyclic amines) is 1. The van der Waals surface area contributed by atoms with Gasteiger partial charge < -0.3 is 9.64 Å². The summed E-state index contributed by atoms with van der Waals surface area (Å²) in [6.07, 6.45) is 3.41. The Morgan fingerprint density at radius 1 is 1.55 bits per heavy atom. The van der Waals surface area contributed by atoms with Crippen LogP contribution in [0.4, 0.5) is 4.79 Å². The molecule has 2 heterocycles. The molecule has 0 spiro atoms. The second-order valence-corrected chi connectivity index (χ2v) is 6.61. The number of hydrogen-bond acceptors (Lipinski definition) is 4. The molecule has 0 radical (unpaired) electrons. The van der Waals surface area contributed by atoms with Crippen molar-refractivity contribution in [2.75, 3.05) is 19.6 Å². The average Bonchev–Trinajstić information content (AvgIpc) is 3.00. The number of amides is 1. The molecular weight excluding hydrogens is 284 g/mol. The number of aromatic nitrogens is 2. The molecule has 8 heteroatoms. The molecule has 1 amide bonds. The normalized spacial score (nSPS) is 21.5. The summed E-state index contributed by atoms with van der Waals surface area (Å²) in [7, 11) is 1.85. The molecule has 0 aromatic carbocycles. The molecule has 8 nitrogen and oxygen atoms in total. The summed E-state index contributed by atoms with van der Waals surface area (Å²) in [5.41, 5.74) is 9.08. The average molecular weight is 306 g/mol. The number of aryl methyl sites for hydroxylation is 1. The first-order valence-electron chi connectivity index (χ1n) is 7.27. The minimum Gasteiger partial charge on any atom is -0.444 e. The highest BCUT2D eigenvalue weighted by Crippen LogP contribution is 2.33. The van der Waals surface area contributed by atoms with Crippen LogP contribution in [-0.4, -0.2) is 46.0 Å². The number of nitrogens with zero attached hydrogens (tertiary/aromatic N) is 6. The fraction of sp³-hybridized carbons (Fsp3) is 0.714. The van der Waals surface area contributed by atoms with Gasteiger partial charge in [0.05, 0.1) is 6.20 Å². The van der Waals surface area contributed by atoms with E-state index in [1.54, 1.807) is 15.8 Å². The molecule has 1 aromatic heterocycles. The van der Waals surface area contributed by atoms with Crippen molar-refractivity contribution in [1.29, 1.82) is 0 Å². The Morgan fingerprint density at radius 3 is 2.82 bits per heavy atom. The molecule has 1 saturated heterocycles. The highest BCUT2D eigenvalue weighted by atomic mass is 16.6. The third-order valence-corrected chi connectivity index (χ3v) is 3.63. The van der Waals surface area contributed by atoms with Crippen LogP contribution in [0.5, 0.6) is 0 Å². The Kier molecular flexibility index (Phi) is 4.61.